The van der Waals surface area contributed by atoms with Gasteiger partial charge in [0.15, 0.2) is 0 Å². The number of halogens is 2. The molecular formula is C14H15BrFNO3S. The molecule has 1 atom stereocenters. The molecule has 1 aromatic carbocycles. The lowest BCUT2D eigenvalue weighted by Gasteiger charge is -2.14. The Morgan fingerprint density at radius 3 is 2.76 bits per heavy atom. The van der Waals surface area contributed by atoms with E-state index in [9.17, 15) is 12.8 Å². The molecule has 1 heterocycles. The molecule has 0 saturated heterocycles. The van der Waals surface area contributed by atoms with Gasteiger partial charge in [0.1, 0.15) is 11.6 Å². The second-order valence-electron chi connectivity index (χ2n) is 4.72. The minimum Gasteiger partial charge on any atom is -0.469 e. The number of hydrogen-bond acceptors (Lipinski definition) is 3. The fourth-order valence-corrected chi connectivity index (χ4v) is 4.22. The summed E-state index contributed by atoms with van der Waals surface area (Å²) in [6.07, 6.45) is 2.83. The van der Waals surface area contributed by atoms with Crippen molar-refractivity contribution in [2.45, 2.75) is 30.7 Å². The molecule has 2 rings (SSSR count). The minimum atomic E-state index is -3.69. The molecule has 0 amide bonds. The van der Waals surface area contributed by atoms with Gasteiger partial charge < -0.3 is 4.42 Å². The summed E-state index contributed by atoms with van der Waals surface area (Å²) in [4.78, 5) is 0.0220. The molecule has 0 aliphatic heterocycles. The Bertz CT molecular complexity index is 701. The normalized spacial score (nSPS) is 13.3. The van der Waals surface area contributed by atoms with Crippen LogP contribution in [0.2, 0.25) is 0 Å². The molecule has 1 aromatic heterocycles. The van der Waals surface area contributed by atoms with Crippen molar-refractivity contribution in [1.29, 1.82) is 0 Å². The minimum absolute atomic E-state index is 0.0220. The highest BCUT2D eigenvalue weighted by molar-refractivity contribution is 9.10. The molecule has 0 saturated carbocycles. The largest absolute Gasteiger partial charge is 0.469 e. The van der Waals surface area contributed by atoms with Crippen molar-refractivity contribution in [3.05, 3.63) is 52.6 Å². The van der Waals surface area contributed by atoms with E-state index in [4.69, 9.17) is 4.42 Å². The van der Waals surface area contributed by atoms with Crippen molar-refractivity contribution in [2.75, 3.05) is 0 Å². The van der Waals surface area contributed by atoms with E-state index in [-0.39, 0.29) is 15.4 Å². The number of rotatable bonds is 6. The van der Waals surface area contributed by atoms with Crippen molar-refractivity contribution in [3.63, 3.8) is 0 Å². The third-order valence-corrected chi connectivity index (χ3v) is 5.51. The molecule has 0 fully saturated rings. The Balaban J connectivity index is 2.02. The van der Waals surface area contributed by atoms with Gasteiger partial charge in [0.25, 0.3) is 0 Å². The standard InChI is InChI=1S/C14H15BrFNO3S/c1-10(4-6-12-3-2-8-20-12)17-21(18,19)14-7-5-11(16)9-13(14)15/h2-3,5,7-10,17H,4,6H2,1H3. The topological polar surface area (TPSA) is 59.3 Å². The maximum absolute atomic E-state index is 13.0. The quantitative estimate of drug-likeness (QED) is 0.840. The van der Waals surface area contributed by atoms with Gasteiger partial charge in [-0.1, -0.05) is 0 Å². The van der Waals surface area contributed by atoms with Crippen LogP contribution in [0.3, 0.4) is 0 Å². The lowest BCUT2D eigenvalue weighted by molar-refractivity contribution is 0.480. The molecule has 0 spiro atoms. The van der Waals surface area contributed by atoms with Crippen LogP contribution < -0.4 is 4.72 Å². The molecule has 1 N–H and O–H groups in total. The van der Waals surface area contributed by atoms with Crippen molar-refractivity contribution in [2.24, 2.45) is 0 Å². The van der Waals surface area contributed by atoms with E-state index in [2.05, 4.69) is 20.7 Å². The van der Waals surface area contributed by atoms with E-state index in [1.165, 1.54) is 6.07 Å². The third kappa shape index (κ3) is 4.39. The van der Waals surface area contributed by atoms with E-state index in [0.29, 0.717) is 12.8 Å². The summed E-state index contributed by atoms with van der Waals surface area (Å²) >= 11 is 3.07. The van der Waals surface area contributed by atoms with Crippen LogP contribution in [0.25, 0.3) is 0 Å². The molecular weight excluding hydrogens is 361 g/mol. The molecule has 1 unspecified atom stereocenters. The Morgan fingerprint density at radius 2 is 2.14 bits per heavy atom. The number of nitrogens with one attached hydrogen (secondary N) is 1. The molecule has 0 aliphatic rings. The molecule has 4 nitrogen and oxygen atoms in total. The molecule has 0 radical (unpaired) electrons. The molecule has 0 aliphatic carbocycles. The van der Waals surface area contributed by atoms with Gasteiger partial charge in [-0.05, 0) is 59.6 Å². The zero-order chi connectivity index (χ0) is 15.5. The van der Waals surface area contributed by atoms with Gasteiger partial charge in [-0.15, -0.1) is 0 Å². The van der Waals surface area contributed by atoms with E-state index >= 15 is 0 Å². The van der Waals surface area contributed by atoms with Crippen molar-refractivity contribution >= 4 is 26.0 Å². The number of hydrogen-bond donors (Lipinski definition) is 1. The molecule has 21 heavy (non-hydrogen) atoms. The Labute approximate surface area is 131 Å². The highest BCUT2D eigenvalue weighted by Crippen LogP contribution is 2.23. The van der Waals surface area contributed by atoms with Crippen LogP contribution in [0, 0.1) is 5.82 Å². The number of sulfonamides is 1. The van der Waals surface area contributed by atoms with Crippen LogP contribution in [0.15, 0.2) is 50.4 Å². The third-order valence-electron chi connectivity index (χ3n) is 2.94. The average Bonchev–Trinajstić information content (AvgIpc) is 2.88. The molecule has 7 heteroatoms. The molecule has 0 bridgehead atoms. The van der Waals surface area contributed by atoms with Crippen molar-refractivity contribution < 1.29 is 17.2 Å². The Kier molecular flexibility index (Phi) is 5.18. The fourth-order valence-electron chi connectivity index (χ4n) is 1.89. The summed E-state index contributed by atoms with van der Waals surface area (Å²) in [6.45, 7) is 1.78. The number of aryl methyl sites for hydroxylation is 1. The van der Waals surface area contributed by atoms with Gasteiger partial charge in [-0.2, -0.15) is 0 Å². The number of furan rings is 1. The lowest BCUT2D eigenvalue weighted by Crippen LogP contribution is -2.33. The lowest BCUT2D eigenvalue weighted by atomic mass is 10.2. The molecule has 114 valence electrons. The summed E-state index contributed by atoms with van der Waals surface area (Å²) in [7, 11) is -3.69. The summed E-state index contributed by atoms with van der Waals surface area (Å²) in [5.41, 5.74) is 0. The van der Waals surface area contributed by atoms with Crippen LogP contribution in [0.5, 0.6) is 0 Å². The summed E-state index contributed by atoms with van der Waals surface area (Å²) in [5.74, 6) is 0.315. The first-order chi connectivity index (χ1) is 9.88. The Hall–Kier alpha value is -1.18. The van der Waals surface area contributed by atoms with Gasteiger partial charge in [0, 0.05) is 16.9 Å². The van der Waals surface area contributed by atoms with Crippen LogP contribution >= 0.6 is 15.9 Å². The maximum atomic E-state index is 13.0. The predicted molar refractivity (Wildman–Crippen MR) is 80.9 cm³/mol. The SMILES string of the molecule is CC(CCc1ccco1)NS(=O)(=O)c1ccc(F)cc1Br. The van der Waals surface area contributed by atoms with Crippen LogP contribution in [-0.4, -0.2) is 14.5 Å². The number of benzene rings is 1. The van der Waals surface area contributed by atoms with Crippen LogP contribution in [0.1, 0.15) is 19.1 Å². The zero-order valence-corrected chi connectivity index (χ0v) is 13.7. The van der Waals surface area contributed by atoms with Crippen molar-refractivity contribution in [1.82, 2.24) is 4.72 Å². The predicted octanol–water partition coefficient (Wildman–Crippen LogP) is 3.48. The van der Waals surface area contributed by atoms with Crippen LogP contribution in [-0.2, 0) is 16.4 Å². The van der Waals surface area contributed by atoms with Gasteiger partial charge >= 0.3 is 0 Å². The van der Waals surface area contributed by atoms with E-state index in [0.717, 1.165) is 17.9 Å². The second-order valence-corrected chi connectivity index (χ2v) is 7.25. The summed E-state index contributed by atoms with van der Waals surface area (Å²) in [5, 5.41) is 0. The fraction of sp³-hybridized carbons (Fsp3) is 0.286. The van der Waals surface area contributed by atoms with Gasteiger partial charge in [-0.3, -0.25) is 0 Å². The highest BCUT2D eigenvalue weighted by Gasteiger charge is 2.20. The van der Waals surface area contributed by atoms with Gasteiger partial charge in [-0.25, -0.2) is 17.5 Å². The summed E-state index contributed by atoms with van der Waals surface area (Å²) < 4.78 is 45.5. The first-order valence-electron chi connectivity index (χ1n) is 6.38. The van der Waals surface area contributed by atoms with Crippen molar-refractivity contribution in [3.8, 4) is 0 Å². The van der Waals surface area contributed by atoms with Gasteiger partial charge in [0.2, 0.25) is 10.0 Å². The molecule has 2 aromatic rings. The smallest absolute Gasteiger partial charge is 0.241 e. The van der Waals surface area contributed by atoms with E-state index in [1.54, 1.807) is 19.3 Å². The maximum Gasteiger partial charge on any atom is 0.241 e. The zero-order valence-electron chi connectivity index (χ0n) is 11.3. The van der Waals surface area contributed by atoms with Crippen LogP contribution in [0.4, 0.5) is 4.39 Å². The average molecular weight is 376 g/mol. The van der Waals surface area contributed by atoms with Gasteiger partial charge in [0.05, 0.1) is 11.2 Å². The summed E-state index contributed by atoms with van der Waals surface area (Å²) in [6, 6.07) is 6.85. The first-order valence-corrected chi connectivity index (χ1v) is 8.66. The van der Waals surface area contributed by atoms with E-state index < -0.39 is 15.8 Å². The second kappa shape index (κ2) is 6.72. The highest BCUT2D eigenvalue weighted by atomic mass is 79.9. The first kappa shape index (κ1) is 16.2. The monoisotopic (exact) mass is 375 g/mol. The Morgan fingerprint density at radius 1 is 1.38 bits per heavy atom. The van der Waals surface area contributed by atoms with E-state index in [1.807, 2.05) is 6.07 Å².